The maximum absolute atomic E-state index is 7.42. The highest BCUT2D eigenvalue weighted by molar-refractivity contribution is 7.99. The standard InChI is InChI=1S/C15H11ClN4S/c16-11-7-9(14(17)18)5-6-13(11)21-15-10-3-1-2-4-12(10)19-8-20-15/h1-8H,(H3,17,18). The largest absolute Gasteiger partial charge is 0.384 e. The zero-order valence-corrected chi connectivity index (χ0v) is 12.4. The van der Waals surface area contributed by atoms with E-state index >= 15 is 0 Å². The Morgan fingerprint density at radius 1 is 1.14 bits per heavy atom. The second-order valence-corrected chi connectivity index (χ2v) is 5.79. The van der Waals surface area contributed by atoms with Gasteiger partial charge in [0.1, 0.15) is 17.2 Å². The molecular formula is C15H11ClN4S. The summed E-state index contributed by atoms with van der Waals surface area (Å²) in [7, 11) is 0. The van der Waals surface area contributed by atoms with E-state index < -0.39 is 0 Å². The number of nitrogens with one attached hydrogen (secondary N) is 1. The van der Waals surface area contributed by atoms with Crippen molar-refractivity contribution in [3.63, 3.8) is 0 Å². The van der Waals surface area contributed by atoms with Crippen LogP contribution in [0.5, 0.6) is 0 Å². The van der Waals surface area contributed by atoms with Crippen molar-refractivity contribution in [1.29, 1.82) is 5.41 Å². The lowest BCUT2D eigenvalue weighted by Crippen LogP contribution is -2.10. The van der Waals surface area contributed by atoms with Gasteiger partial charge in [-0.2, -0.15) is 0 Å². The second-order valence-electron chi connectivity index (χ2n) is 4.36. The summed E-state index contributed by atoms with van der Waals surface area (Å²) < 4.78 is 0. The number of benzene rings is 2. The van der Waals surface area contributed by atoms with E-state index in [2.05, 4.69) is 9.97 Å². The number of aromatic nitrogens is 2. The van der Waals surface area contributed by atoms with Gasteiger partial charge in [-0.1, -0.05) is 47.6 Å². The van der Waals surface area contributed by atoms with Gasteiger partial charge in [0.2, 0.25) is 0 Å². The third-order valence-electron chi connectivity index (χ3n) is 2.96. The predicted molar refractivity (Wildman–Crippen MR) is 86.1 cm³/mol. The molecule has 0 aliphatic carbocycles. The van der Waals surface area contributed by atoms with Crippen LogP contribution in [0.2, 0.25) is 5.02 Å². The van der Waals surface area contributed by atoms with Gasteiger partial charge in [0, 0.05) is 15.8 Å². The molecule has 3 rings (SSSR count). The number of nitrogens with zero attached hydrogens (tertiary/aromatic N) is 2. The normalized spacial score (nSPS) is 10.7. The minimum atomic E-state index is 0.000867. The molecule has 0 unspecified atom stereocenters. The molecule has 3 N–H and O–H groups in total. The van der Waals surface area contributed by atoms with Crippen LogP contribution in [0.15, 0.2) is 58.7 Å². The van der Waals surface area contributed by atoms with Crippen molar-refractivity contribution in [2.75, 3.05) is 0 Å². The van der Waals surface area contributed by atoms with E-state index in [4.69, 9.17) is 22.7 Å². The number of nitrogens with two attached hydrogens (primary N) is 1. The van der Waals surface area contributed by atoms with Crippen molar-refractivity contribution in [1.82, 2.24) is 9.97 Å². The van der Waals surface area contributed by atoms with E-state index in [9.17, 15) is 0 Å². The SMILES string of the molecule is N=C(N)c1ccc(Sc2ncnc3ccccc23)c(Cl)c1. The van der Waals surface area contributed by atoms with Gasteiger partial charge in [0.05, 0.1) is 10.5 Å². The topological polar surface area (TPSA) is 75.7 Å². The average molecular weight is 315 g/mol. The number of hydrogen-bond donors (Lipinski definition) is 2. The maximum atomic E-state index is 7.42. The van der Waals surface area contributed by atoms with Crippen molar-refractivity contribution >= 4 is 40.1 Å². The van der Waals surface area contributed by atoms with Crippen LogP contribution < -0.4 is 5.73 Å². The van der Waals surface area contributed by atoms with Crippen molar-refractivity contribution in [3.05, 3.63) is 59.4 Å². The van der Waals surface area contributed by atoms with Crippen LogP contribution in [0.1, 0.15) is 5.56 Å². The first-order valence-electron chi connectivity index (χ1n) is 6.16. The number of nitrogen functional groups attached to an aromatic ring is 1. The Bertz CT molecular complexity index is 830. The molecule has 4 nitrogen and oxygen atoms in total. The Hall–Kier alpha value is -2.11. The zero-order chi connectivity index (χ0) is 14.8. The molecule has 1 heterocycles. The molecule has 0 aliphatic heterocycles. The molecule has 2 aromatic carbocycles. The summed E-state index contributed by atoms with van der Waals surface area (Å²) in [6.45, 7) is 0. The number of fused-ring (bicyclic) bond motifs is 1. The van der Waals surface area contributed by atoms with Crippen molar-refractivity contribution < 1.29 is 0 Å². The molecule has 0 aliphatic rings. The highest BCUT2D eigenvalue weighted by Crippen LogP contribution is 2.35. The molecule has 104 valence electrons. The fourth-order valence-corrected chi connectivity index (χ4v) is 3.10. The fourth-order valence-electron chi connectivity index (χ4n) is 1.92. The number of amidine groups is 1. The monoisotopic (exact) mass is 314 g/mol. The summed E-state index contributed by atoms with van der Waals surface area (Å²) in [5.74, 6) is 0.000867. The molecule has 0 radical (unpaired) electrons. The van der Waals surface area contributed by atoms with Gasteiger partial charge in [0.25, 0.3) is 0 Å². The van der Waals surface area contributed by atoms with Crippen molar-refractivity contribution in [2.24, 2.45) is 5.73 Å². The van der Waals surface area contributed by atoms with E-state index in [-0.39, 0.29) is 5.84 Å². The Balaban J connectivity index is 2.01. The number of halogens is 1. The highest BCUT2D eigenvalue weighted by Gasteiger charge is 2.09. The molecule has 0 bridgehead atoms. The van der Waals surface area contributed by atoms with Crippen LogP contribution in [-0.2, 0) is 0 Å². The molecule has 0 spiro atoms. The molecule has 0 amide bonds. The molecule has 0 saturated heterocycles. The van der Waals surface area contributed by atoms with Gasteiger partial charge >= 0.3 is 0 Å². The van der Waals surface area contributed by atoms with Gasteiger partial charge < -0.3 is 5.73 Å². The summed E-state index contributed by atoms with van der Waals surface area (Å²) in [4.78, 5) is 9.43. The first-order chi connectivity index (χ1) is 10.1. The van der Waals surface area contributed by atoms with E-state index in [0.29, 0.717) is 10.6 Å². The molecule has 0 atom stereocenters. The van der Waals surface area contributed by atoms with E-state index in [0.717, 1.165) is 20.8 Å². The Morgan fingerprint density at radius 3 is 2.71 bits per heavy atom. The van der Waals surface area contributed by atoms with Crippen molar-refractivity contribution in [2.45, 2.75) is 9.92 Å². The molecule has 1 aromatic heterocycles. The molecule has 0 fully saturated rings. The number of para-hydroxylation sites is 1. The van der Waals surface area contributed by atoms with Gasteiger partial charge in [-0.3, -0.25) is 5.41 Å². The number of rotatable bonds is 3. The molecule has 21 heavy (non-hydrogen) atoms. The molecular weight excluding hydrogens is 304 g/mol. The molecule has 6 heteroatoms. The highest BCUT2D eigenvalue weighted by atomic mass is 35.5. The van der Waals surface area contributed by atoms with Gasteiger partial charge in [-0.25, -0.2) is 9.97 Å². The van der Waals surface area contributed by atoms with Crippen LogP contribution in [0.4, 0.5) is 0 Å². The third-order valence-corrected chi connectivity index (χ3v) is 4.48. The second kappa shape index (κ2) is 5.71. The Labute approximate surface area is 130 Å². The predicted octanol–water partition coefficient (Wildman–Crippen LogP) is 3.72. The summed E-state index contributed by atoms with van der Waals surface area (Å²) >= 11 is 7.73. The van der Waals surface area contributed by atoms with Crippen LogP contribution in [0.25, 0.3) is 10.9 Å². The van der Waals surface area contributed by atoms with Crippen molar-refractivity contribution in [3.8, 4) is 0 Å². The van der Waals surface area contributed by atoms with Crippen LogP contribution in [0, 0.1) is 5.41 Å². The lowest BCUT2D eigenvalue weighted by atomic mass is 10.2. The minimum absolute atomic E-state index is 0.000867. The Kier molecular flexibility index (Phi) is 3.77. The van der Waals surface area contributed by atoms with E-state index in [1.165, 1.54) is 11.8 Å². The molecule has 3 aromatic rings. The number of hydrogen-bond acceptors (Lipinski definition) is 4. The summed E-state index contributed by atoms with van der Waals surface area (Å²) in [6.07, 6.45) is 1.54. The van der Waals surface area contributed by atoms with Gasteiger partial charge in [-0.15, -0.1) is 0 Å². The van der Waals surface area contributed by atoms with Crippen LogP contribution in [0.3, 0.4) is 0 Å². The summed E-state index contributed by atoms with van der Waals surface area (Å²) in [6, 6.07) is 13.1. The quantitative estimate of drug-likeness (QED) is 0.439. The average Bonchev–Trinajstić information content (AvgIpc) is 2.49. The first kappa shape index (κ1) is 13.9. The lowest BCUT2D eigenvalue weighted by Gasteiger charge is -2.07. The van der Waals surface area contributed by atoms with E-state index in [1.54, 1.807) is 18.5 Å². The van der Waals surface area contributed by atoms with Crippen LogP contribution >= 0.6 is 23.4 Å². The fraction of sp³-hybridized carbons (Fsp3) is 0. The molecule has 0 saturated carbocycles. The van der Waals surface area contributed by atoms with Gasteiger partial charge in [0.15, 0.2) is 0 Å². The van der Waals surface area contributed by atoms with Gasteiger partial charge in [-0.05, 0) is 18.2 Å². The van der Waals surface area contributed by atoms with Crippen LogP contribution in [-0.4, -0.2) is 15.8 Å². The zero-order valence-electron chi connectivity index (χ0n) is 10.9. The smallest absolute Gasteiger partial charge is 0.122 e. The lowest BCUT2D eigenvalue weighted by molar-refractivity contribution is 1.10. The minimum Gasteiger partial charge on any atom is -0.384 e. The maximum Gasteiger partial charge on any atom is 0.122 e. The summed E-state index contributed by atoms with van der Waals surface area (Å²) in [5, 5.41) is 9.80. The summed E-state index contributed by atoms with van der Waals surface area (Å²) in [5.41, 5.74) is 6.96. The first-order valence-corrected chi connectivity index (χ1v) is 7.36. The van der Waals surface area contributed by atoms with E-state index in [1.807, 2.05) is 30.3 Å². The third kappa shape index (κ3) is 2.84. The Morgan fingerprint density at radius 2 is 1.95 bits per heavy atom.